The molecule has 3 aliphatic rings. The molecule has 0 heterocycles. The van der Waals surface area contributed by atoms with Crippen LogP contribution in [0.1, 0.15) is 24.8 Å². The molecule has 0 aliphatic heterocycles. The van der Waals surface area contributed by atoms with E-state index in [2.05, 4.69) is 15.4 Å². The van der Waals surface area contributed by atoms with Gasteiger partial charge in [0.1, 0.15) is 0 Å². The van der Waals surface area contributed by atoms with E-state index in [1.165, 1.54) is 0 Å². The third kappa shape index (κ3) is 3.26. The van der Waals surface area contributed by atoms with Crippen LogP contribution in [0.5, 0.6) is 5.75 Å². The van der Waals surface area contributed by atoms with Gasteiger partial charge in [0.05, 0.1) is 5.41 Å². The van der Waals surface area contributed by atoms with Gasteiger partial charge < -0.3 is 15.4 Å². The van der Waals surface area contributed by atoms with Gasteiger partial charge in [0.2, 0.25) is 0 Å². The highest BCUT2D eigenvalue weighted by molar-refractivity contribution is 5.75. The van der Waals surface area contributed by atoms with Crippen molar-refractivity contribution in [3.8, 4) is 5.75 Å². The quantitative estimate of drug-likeness (QED) is 0.769. The Hall–Kier alpha value is -2.20. The van der Waals surface area contributed by atoms with Crippen molar-refractivity contribution in [1.29, 1.82) is 0 Å². The fraction of sp³-hybridized carbons (Fsp3) is 0.533. The van der Waals surface area contributed by atoms with Crippen molar-refractivity contribution < 1.29 is 40.3 Å². The fourth-order valence-electron chi connectivity index (χ4n) is 3.58. The highest BCUT2D eigenvalue weighted by Gasteiger charge is 2.79. The summed E-state index contributed by atoms with van der Waals surface area (Å²) < 4.78 is 92.2. The zero-order valence-electron chi connectivity index (χ0n) is 13.0. The van der Waals surface area contributed by atoms with Gasteiger partial charge in [-0.2, -0.15) is 13.2 Å². The molecule has 1 aromatic carbocycles. The van der Waals surface area contributed by atoms with Crippen LogP contribution >= 0.6 is 0 Å². The molecule has 0 unspecified atom stereocenters. The van der Waals surface area contributed by atoms with Crippen molar-refractivity contribution in [2.24, 2.45) is 5.41 Å². The minimum atomic E-state index is -5.07. The van der Waals surface area contributed by atoms with Gasteiger partial charge in [-0.25, -0.2) is 9.18 Å². The van der Waals surface area contributed by atoms with E-state index in [-0.39, 0.29) is 24.8 Å². The highest BCUT2D eigenvalue weighted by Crippen LogP contribution is 2.73. The lowest BCUT2D eigenvalue weighted by Gasteiger charge is -2.70. The number of alkyl halides is 6. The molecule has 11 heteroatoms. The van der Waals surface area contributed by atoms with Gasteiger partial charge in [-0.3, -0.25) is 0 Å². The molecule has 26 heavy (non-hydrogen) atoms. The SMILES string of the molecule is O=C(NCc1cccc(OC(F)(F)F)c1F)NC12CC(C(F)(F)F)(C1)C2. The monoisotopic (exact) mass is 386 g/mol. The number of halogens is 7. The lowest BCUT2D eigenvalue weighted by Crippen LogP contribution is -2.79. The summed E-state index contributed by atoms with van der Waals surface area (Å²) in [6.45, 7) is -0.451. The van der Waals surface area contributed by atoms with Crippen LogP contribution in [0.3, 0.4) is 0 Å². The number of carbonyl (C=O) groups is 1. The van der Waals surface area contributed by atoms with E-state index in [1.807, 2.05) is 0 Å². The summed E-state index contributed by atoms with van der Waals surface area (Å²) in [6, 6.07) is 2.23. The molecular formula is C15H13F7N2O2. The molecule has 3 saturated carbocycles. The van der Waals surface area contributed by atoms with E-state index in [4.69, 9.17) is 0 Å². The number of hydrogen-bond acceptors (Lipinski definition) is 2. The van der Waals surface area contributed by atoms with Gasteiger partial charge in [0.25, 0.3) is 0 Å². The summed E-state index contributed by atoms with van der Waals surface area (Å²) in [7, 11) is 0. The first kappa shape index (κ1) is 18.6. The van der Waals surface area contributed by atoms with Gasteiger partial charge in [0, 0.05) is 17.6 Å². The Morgan fingerprint density at radius 1 is 1.12 bits per heavy atom. The number of rotatable bonds is 4. The molecule has 2 amide bonds. The Labute approximate surface area is 142 Å². The Kier molecular flexibility index (Phi) is 4.04. The van der Waals surface area contributed by atoms with Crippen molar-refractivity contribution in [1.82, 2.24) is 10.6 Å². The number of benzene rings is 1. The first-order valence-corrected chi connectivity index (χ1v) is 7.51. The maximum atomic E-state index is 13.9. The molecule has 4 nitrogen and oxygen atoms in total. The average Bonchev–Trinajstić information content (AvgIpc) is 2.39. The summed E-state index contributed by atoms with van der Waals surface area (Å²) in [5.41, 5.74) is -2.90. The maximum Gasteiger partial charge on any atom is 0.573 e. The van der Waals surface area contributed by atoms with Crippen LogP contribution in [0.15, 0.2) is 18.2 Å². The largest absolute Gasteiger partial charge is 0.573 e. The zero-order valence-corrected chi connectivity index (χ0v) is 13.0. The molecule has 0 spiro atoms. The molecule has 2 bridgehead atoms. The summed E-state index contributed by atoms with van der Waals surface area (Å²) >= 11 is 0. The van der Waals surface area contributed by atoms with E-state index in [0.717, 1.165) is 18.2 Å². The third-order valence-electron chi connectivity index (χ3n) is 4.72. The third-order valence-corrected chi connectivity index (χ3v) is 4.72. The Morgan fingerprint density at radius 3 is 2.27 bits per heavy atom. The van der Waals surface area contributed by atoms with Gasteiger partial charge >= 0.3 is 18.6 Å². The number of nitrogens with one attached hydrogen (secondary N) is 2. The van der Waals surface area contributed by atoms with E-state index in [1.54, 1.807) is 0 Å². The average molecular weight is 386 g/mol. The molecule has 1 aromatic rings. The van der Waals surface area contributed by atoms with Crippen LogP contribution in [-0.4, -0.2) is 24.1 Å². The Balaban J connectivity index is 1.53. The molecule has 3 fully saturated rings. The predicted molar refractivity (Wildman–Crippen MR) is 73.5 cm³/mol. The first-order valence-electron chi connectivity index (χ1n) is 7.51. The van der Waals surface area contributed by atoms with Gasteiger partial charge in [-0.1, -0.05) is 12.1 Å². The highest BCUT2D eigenvalue weighted by atomic mass is 19.4. The molecule has 0 radical (unpaired) electrons. The number of ether oxygens (including phenoxy) is 1. The summed E-state index contributed by atoms with van der Waals surface area (Å²) in [5.74, 6) is -2.32. The van der Waals surface area contributed by atoms with Crippen LogP contribution in [0.25, 0.3) is 0 Å². The van der Waals surface area contributed by atoms with E-state index < -0.39 is 47.6 Å². The number of hydrogen-bond donors (Lipinski definition) is 2. The van der Waals surface area contributed by atoms with Crippen molar-refractivity contribution >= 4 is 6.03 Å². The minimum absolute atomic E-state index is 0.208. The lowest BCUT2D eigenvalue weighted by atomic mass is 9.39. The standard InChI is InChI=1S/C15H13F7N2O2/c16-10-8(2-1-3-9(10)26-15(20,21)22)4-23-11(25)24-13-5-12(6-13,7-13)14(17,18)19/h1-3H,4-7H2,(H2,23,24,25). The maximum absolute atomic E-state index is 13.9. The fourth-order valence-corrected chi connectivity index (χ4v) is 3.58. The van der Waals surface area contributed by atoms with Crippen molar-refractivity contribution in [3.63, 3.8) is 0 Å². The first-order chi connectivity index (χ1) is 11.8. The van der Waals surface area contributed by atoms with Crippen LogP contribution in [0, 0.1) is 11.2 Å². The normalized spacial score (nSPS) is 27.2. The van der Waals surface area contributed by atoms with Gasteiger partial charge in [-0.15, -0.1) is 13.2 Å². The summed E-state index contributed by atoms with van der Waals surface area (Å²) in [5, 5.41) is 4.64. The van der Waals surface area contributed by atoms with Crippen LogP contribution < -0.4 is 15.4 Å². The van der Waals surface area contributed by atoms with Crippen LogP contribution in [0.4, 0.5) is 35.5 Å². The van der Waals surface area contributed by atoms with E-state index in [9.17, 15) is 35.5 Å². The number of amides is 2. The van der Waals surface area contributed by atoms with E-state index in [0.29, 0.717) is 0 Å². The molecule has 2 N–H and O–H groups in total. The lowest BCUT2D eigenvalue weighted by molar-refractivity contribution is -0.336. The van der Waals surface area contributed by atoms with Crippen molar-refractivity contribution in [3.05, 3.63) is 29.6 Å². The van der Waals surface area contributed by atoms with Crippen molar-refractivity contribution in [2.75, 3.05) is 0 Å². The number of urea groups is 1. The molecule has 0 aromatic heterocycles. The Bertz CT molecular complexity index is 710. The summed E-state index contributed by atoms with van der Waals surface area (Å²) in [4.78, 5) is 11.8. The molecule has 144 valence electrons. The second kappa shape index (κ2) is 5.65. The topological polar surface area (TPSA) is 50.4 Å². The molecule has 0 atom stereocenters. The van der Waals surface area contributed by atoms with Crippen LogP contribution in [-0.2, 0) is 6.54 Å². The molecule has 3 aliphatic carbocycles. The number of carbonyl (C=O) groups excluding carboxylic acids is 1. The zero-order chi connectivity index (χ0) is 19.4. The molecule has 0 saturated heterocycles. The van der Waals surface area contributed by atoms with Crippen molar-refractivity contribution in [2.45, 2.75) is 43.9 Å². The van der Waals surface area contributed by atoms with Crippen LogP contribution in [0.2, 0.25) is 0 Å². The smallest absolute Gasteiger partial charge is 0.403 e. The van der Waals surface area contributed by atoms with Gasteiger partial charge in [-0.05, 0) is 25.3 Å². The predicted octanol–water partition coefficient (Wildman–Crippen LogP) is 4.01. The summed E-state index contributed by atoms with van der Waals surface area (Å²) in [6.07, 6.45) is -10.0. The van der Waals surface area contributed by atoms with Gasteiger partial charge in [0.15, 0.2) is 11.6 Å². The Morgan fingerprint density at radius 2 is 1.73 bits per heavy atom. The second-order valence-corrected chi connectivity index (χ2v) is 6.67. The van der Waals surface area contributed by atoms with E-state index >= 15 is 0 Å². The minimum Gasteiger partial charge on any atom is -0.403 e. The molecule has 4 rings (SSSR count). The molecular weight excluding hydrogens is 373 g/mol. The second-order valence-electron chi connectivity index (χ2n) is 6.67.